The number of hydrogen-bond donors (Lipinski definition) is 3. The van der Waals surface area contributed by atoms with Crippen LogP contribution >= 0.6 is 0 Å². The first-order chi connectivity index (χ1) is 12.7. The molecule has 1 aliphatic carbocycles. The molecule has 1 aromatic heterocycles. The number of aromatic amines is 1. The van der Waals surface area contributed by atoms with E-state index in [0.29, 0.717) is 24.4 Å². The summed E-state index contributed by atoms with van der Waals surface area (Å²) in [6.07, 6.45) is 4.67. The second-order valence-corrected chi connectivity index (χ2v) is 9.27. The lowest BCUT2D eigenvalue weighted by Crippen LogP contribution is -2.34. The van der Waals surface area contributed by atoms with E-state index in [1.165, 1.54) is 17.7 Å². The molecule has 7 heteroatoms. The van der Waals surface area contributed by atoms with Gasteiger partial charge in [-0.1, -0.05) is 13.8 Å². The first-order valence-corrected chi connectivity index (χ1v) is 10.0. The average molecular weight is 379 g/mol. The molecule has 1 spiro atoms. The van der Waals surface area contributed by atoms with Crippen LogP contribution in [0, 0.1) is 12.3 Å². The highest BCUT2D eigenvalue weighted by Crippen LogP contribution is 2.50. The van der Waals surface area contributed by atoms with Crippen LogP contribution in [0.1, 0.15) is 68.8 Å². The molecule has 0 aromatic carbocycles. The zero-order valence-corrected chi connectivity index (χ0v) is 17.1. The molecule has 0 atom stereocenters. The molecule has 3 N–H and O–H groups in total. The van der Waals surface area contributed by atoms with Gasteiger partial charge in [-0.15, -0.1) is 0 Å². The Labute approximate surface area is 161 Å². The zero-order chi connectivity index (χ0) is 19.7. The zero-order valence-electron chi connectivity index (χ0n) is 17.1. The predicted octanol–water partition coefficient (Wildman–Crippen LogP) is 3.26. The number of nitrogens with one attached hydrogen (secondary N) is 2. The molecule has 2 aliphatic rings. The summed E-state index contributed by atoms with van der Waals surface area (Å²) in [6, 6.07) is 0. The lowest BCUT2D eigenvalue weighted by molar-refractivity contribution is -0.0296. The van der Waals surface area contributed by atoms with Crippen LogP contribution in [0.2, 0.25) is 0 Å². The van der Waals surface area contributed by atoms with Gasteiger partial charge in [0.15, 0.2) is 0 Å². The molecule has 1 saturated carbocycles. The molecule has 27 heavy (non-hydrogen) atoms. The quantitative estimate of drug-likeness (QED) is 0.707. The van der Waals surface area contributed by atoms with Crippen LogP contribution in [0.5, 0.6) is 0 Å². The number of likely N-dealkylation sites (N-methyl/N-ethyl adjacent to an activating group) is 1. The minimum absolute atomic E-state index is 0.0881. The number of ether oxygens (including phenoxy) is 1. The maximum Gasteiger partial charge on any atom is 0.404 e. The second kappa shape index (κ2) is 7.80. The summed E-state index contributed by atoms with van der Waals surface area (Å²) in [5, 5.41) is 18.9. The van der Waals surface area contributed by atoms with Crippen LogP contribution in [-0.2, 0) is 11.3 Å². The lowest BCUT2D eigenvalue weighted by atomic mass is 9.72. The van der Waals surface area contributed by atoms with Crippen molar-refractivity contribution in [3.05, 3.63) is 17.0 Å². The monoisotopic (exact) mass is 378 g/mol. The number of amides is 1. The summed E-state index contributed by atoms with van der Waals surface area (Å²) in [4.78, 5) is 12.7. The third kappa shape index (κ3) is 4.82. The highest BCUT2D eigenvalue weighted by molar-refractivity contribution is 5.64. The number of carboxylic acid groups (broad SMARTS) is 1. The van der Waals surface area contributed by atoms with Gasteiger partial charge in [0.2, 0.25) is 0 Å². The van der Waals surface area contributed by atoms with Crippen molar-refractivity contribution >= 4 is 6.09 Å². The van der Waals surface area contributed by atoms with Gasteiger partial charge in [0.05, 0.1) is 17.9 Å². The number of aromatic nitrogens is 2. The molecule has 1 amide bonds. The Kier molecular flexibility index (Phi) is 5.82. The van der Waals surface area contributed by atoms with E-state index in [0.717, 1.165) is 44.5 Å². The summed E-state index contributed by atoms with van der Waals surface area (Å²) in [6.45, 7) is 9.44. The molecule has 0 radical (unpaired) electrons. The van der Waals surface area contributed by atoms with E-state index < -0.39 is 6.09 Å². The van der Waals surface area contributed by atoms with Crippen molar-refractivity contribution in [1.29, 1.82) is 0 Å². The van der Waals surface area contributed by atoms with Crippen molar-refractivity contribution in [1.82, 2.24) is 20.4 Å². The number of aryl methyl sites for hydroxylation is 1. The first kappa shape index (κ1) is 20.1. The predicted molar refractivity (Wildman–Crippen MR) is 104 cm³/mol. The van der Waals surface area contributed by atoms with E-state index in [4.69, 9.17) is 9.84 Å². The van der Waals surface area contributed by atoms with Crippen LogP contribution in [0.3, 0.4) is 0 Å². The standard InChI is InChI=1S/C20H34N4O3/c1-14-16(11-24(4)10-9-21-18(25)26)17(23-22-14)15-5-7-20(8-6-15)12-19(2,3)13-27-20/h15,21H,5-13H2,1-4H3,(H,22,23)(H,25,26). The molecule has 0 unspecified atom stereocenters. The minimum Gasteiger partial charge on any atom is -0.465 e. The second-order valence-electron chi connectivity index (χ2n) is 9.27. The molecule has 1 saturated heterocycles. The van der Waals surface area contributed by atoms with Gasteiger partial charge in [0.1, 0.15) is 0 Å². The van der Waals surface area contributed by atoms with Gasteiger partial charge in [-0.3, -0.25) is 5.10 Å². The van der Waals surface area contributed by atoms with Crippen LogP contribution in [-0.4, -0.2) is 58.6 Å². The van der Waals surface area contributed by atoms with Gasteiger partial charge in [0.25, 0.3) is 0 Å². The molecule has 1 aromatic rings. The number of nitrogens with zero attached hydrogens (tertiary/aromatic N) is 2. The van der Waals surface area contributed by atoms with Crippen LogP contribution < -0.4 is 5.32 Å². The summed E-state index contributed by atoms with van der Waals surface area (Å²) < 4.78 is 6.25. The SMILES string of the molecule is Cc1[nH]nc(C2CCC3(CC2)CC(C)(C)CO3)c1CN(C)CCNC(=O)O. The third-order valence-corrected chi connectivity index (χ3v) is 6.16. The number of H-pyrrole nitrogens is 1. The molecule has 7 nitrogen and oxygen atoms in total. The fourth-order valence-electron chi connectivity index (χ4n) is 4.77. The van der Waals surface area contributed by atoms with Crippen LogP contribution in [0.25, 0.3) is 0 Å². The fourth-order valence-corrected chi connectivity index (χ4v) is 4.77. The van der Waals surface area contributed by atoms with Gasteiger partial charge in [-0.25, -0.2) is 4.79 Å². The van der Waals surface area contributed by atoms with Crippen molar-refractivity contribution in [3.63, 3.8) is 0 Å². The Morgan fingerprint density at radius 1 is 1.41 bits per heavy atom. The molecule has 2 fully saturated rings. The summed E-state index contributed by atoms with van der Waals surface area (Å²) in [5.74, 6) is 0.480. The largest absolute Gasteiger partial charge is 0.465 e. The van der Waals surface area contributed by atoms with Gasteiger partial charge in [0, 0.05) is 36.8 Å². The minimum atomic E-state index is -0.975. The van der Waals surface area contributed by atoms with Crippen molar-refractivity contribution in [2.24, 2.45) is 5.41 Å². The highest BCUT2D eigenvalue weighted by Gasteiger charge is 2.46. The number of rotatable bonds is 6. The topological polar surface area (TPSA) is 90.5 Å². The molecule has 3 rings (SSSR count). The molecule has 1 aliphatic heterocycles. The Balaban J connectivity index is 1.59. The van der Waals surface area contributed by atoms with E-state index in [9.17, 15) is 4.79 Å². The van der Waals surface area contributed by atoms with Gasteiger partial charge in [-0.05, 0) is 51.5 Å². The summed E-state index contributed by atoms with van der Waals surface area (Å²) >= 11 is 0. The molecular formula is C20H34N4O3. The molecular weight excluding hydrogens is 344 g/mol. The van der Waals surface area contributed by atoms with Crippen molar-refractivity contribution < 1.29 is 14.6 Å². The molecule has 152 valence electrons. The Morgan fingerprint density at radius 3 is 2.70 bits per heavy atom. The molecule has 2 heterocycles. The van der Waals surface area contributed by atoms with Crippen molar-refractivity contribution in [3.8, 4) is 0 Å². The lowest BCUT2D eigenvalue weighted by Gasteiger charge is -2.37. The summed E-state index contributed by atoms with van der Waals surface area (Å²) in [7, 11) is 2.02. The smallest absolute Gasteiger partial charge is 0.404 e. The maximum atomic E-state index is 10.6. The van der Waals surface area contributed by atoms with Crippen molar-refractivity contribution in [2.45, 2.75) is 70.9 Å². The van der Waals surface area contributed by atoms with E-state index in [1.54, 1.807) is 0 Å². The number of carbonyl (C=O) groups is 1. The van der Waals surface area contributed by atoms with Gasteiger partial charge in [-0.2, -0.15) is 5.10 Å². The van der Waals surface area contributed by atoms with Crippen LogP contribution in [0.4, 0.5) is 4.79 Å². The van der Waals surface area contributed by atoms with Gasteiger partial charge >= 0.3 is 6.09 Å². The van der Waals surface area contributed by atoms with Crippen LogP contribution in [0.15, 0.2) is 0 Å². The van der Waals surface area contributed by atoms with E-state index in [1.807, 2.05) is 7.05 Å². The van der Waals surface area contributed by atoms with E-state index >= 15 is 0 Å². The van der Waals surface area contributed by atoms with E-state index in [2.05, 4.69) is 41.2 Å². The Bertz CT molecular complexity index is 662. The van der Waals surface area contributed by atoms with Gasteiger partial charge < -0.3 is 20.1 Å². The maximum absolute atomic E-state index is 10.6. The first-order valence-electron chi connectivity index (χ1n) is 10.0. The van der Waals surface area contributed by atoms with E-state index in [-0.39, 0.29) is 5.60 Å². The highest BCUT2D eigenvalue weighted by atomic mass is 16.5. The normalized spacial score (nSPS) is 27.4. The fraction of sp³-hybridized carbons (Fsp3) is 0.800. The number of hydrogen-bond acceptors (Lipinski definition) is 4. The van der Waals surface area contributed by atoms with Crippen molar-refractivity contribution in [2.75, 3.05) is 26.7 Å². The Morgan fingerprint density at radius 2 is 2.11 bits per heavy atom. The molecule has 0 bridgehead atoms. The summed E-state index contributed by atoms with van der Waals surface area (Å²) in [5.41, 5.74) is 3.96. The third-order valence-electron chi connectivity index (χ3n) is 6.16. The average Bonchev–Trinajstić information content (AvgIpc) is 3.09. The Hall–Kier alpha value is -1.60.